The van der Waals surface area contributed by atoms with Crippen molar-refractivity contribution in [2.75, 3.05) is 0 Å². The van der Waals surface area contributed by atoms with Crippen molar-refractivity contribution in [2.45, 2.75) is 25.0 Å². The summed E-state index contributed by atoms with van der Waals surface area (Å²) in [7, 11) is 0. The molecule has 0 atom stereocenters. The lowest BCUT2D eigenvalue weighted by Crippen LogP contribution is -1.82. The number of benzene rings is 1. The molecule has 2 aromatic rings. The van der Waals surface area contributed by atoms with Gasteiger partial charge in [0, 0.05) is 5.56 Å². The van der Waals surface area contributed by atoms with Gasteiger partial charge < -0.3 is 0 Å². The minimum absolute atomic E-state index is 1.00. The zero-order valence-electron chi connectivity index (χ0n) is 9.03. The van der Waals surface area contributed by atoms with Gasteiger partial charge in [-0.3, -0.25) is 0 Å². The first-order valence-electron chi connectivity index (χ1n) is 4.82. The first kappa shape index (κ1) is 10.7. The highest BCUT2D eigenvalue weighted by atomic mass is 32.2. The van der Waals surface area contributed by atoms with Gasteiger partial charge in [-0.15, -0.1) is 24.0 Å². The van der Waals surface area contributed by atoms with Crippen LogP contribution in [0, 0.1) is 20.8 Å². The maximum absolute atomic E-state index is 4.49. The Morgan fingerprint density at radius 1 is 1.13 bits per heavy atom. The van der Waals surface area contributed by atoms with Gasteiger partial charge in [-0.1, -0.05) is 12.1 Å². The van der Waals surface area contributed by atoms with Gasteiger partial charge in [-0.2, -0.15) is 0 Å². The molecule has 0 saturated carbocycles. The summed E-state index contributed by atoms with van der Waals surface area (Å²) >= 11 is 6.01. The molecule has 3 heteroatoms. The average Bonchev–Trinajstić information content (AvgIpc) is 2.52. The lowest BCUT2D eigenvalue weighted by Gasteiger charge is -2.01. The summed E-state index contributed by atoms with van der Waals surface area (Å²) in [5.41, 5.74) is 4.82. The second-order valence-corrected chi connectivity index (χ2v) is 5.46. The number of rotatable bonds is 1. The van der Waals surface area contributed by atoms with Gasteiger partial charge >= 0.3 is 0 Å². The molecule has 0 spiro atoms. The molecule has 1 aromatic carbocycles. The van der Waals surface area contributed by atoms with E-state index in [4.69, 9.17) is 0 Å². The maximum Gasteiger partial charge on any atom is 0.124 e. The molecule has 0 aliphatic rings. The molecular formula is C12H13NS2. The van der Waals surface area contributed by atoms with Gasteiger partial charge in [0.2, 0.25) is 0 Å². The zero-order valence-corrected chi connectivity index (χ0v) is 10.7. The van der Waals surface area contributed by atoms with Crippen molar-refractivity contribution in [1.29, 1.82) is 0 Å². The van der Waals surface area contributed by atoms with Gasteiger partial charge in [-0.25, -0.2) is 4.98 Å². The Bertz CT molecular complexity index is 481. The van der Waals surface area contributed by atoms with Crippen LogP contribution in [-0.2, 0) is 0 Å². The fourth-order valence-electron chi connectivity index (χ4n) is 1.39. The Hall–Kier alpha value is -0.800. The van der Waals surface area contributed by atoms with E-state index in [1.54, 1.807) is 11.3 Å². The molecule has 0 radical (unpaired) electrons. The van der Waals surface area contributed by atoms with E-state index in [9.17, 15) is 0 Å². The highest BCUT2D eigenvalue weighted by molar-refractivity contribution is 7.83. The minimum atomic E-state index is 1.00. The Kier molecular flexibility index (Phi) is 2.85. The first-order chi connectivity index (χ1) is 7.08. The molecule has 0 saturated heterocycles. The molecule has 0 fully saturated rings. The van der Waals surface area contributed by atoms with Crippen molar-refractivity contribution in [3.63, 3.8) is 0 Å². The summed E-state index contributed by atoms with van der Waals surface area (Å²) in [5.74, 6) is 0. The Balaban J connectivity index is 2.49. The topological polar surface area (TPSA) is 12.9 Å². The molecule has 0 aliphatic heterocycles. The fourth-order valence-corrected chi connectivity index (χ4v) is 2.50. The molecule has 2 rings (SSSR count). The largest absolute Gasteiger partial charge is 0.240 e. The quantitative estimate of drug-likeness (QED) is 0.736. The fraction of sp³-hybridized carbons (Fsp3) is 0.250. The SMILES string of the molecule is Cc1ccc(-c2nc(C)c(S)s2)cc1C. The lowest BCUT2D eigenvalue weighted by molar-refractivity contribution is 1.21. The van der Waals surface area contributed by atoms with Crippen LogP contribution in [0.1, 0.15) is 16.8 Å². The van der Waals surface area contributed by atoms with Crippen LogP contribution in [0.15, 0.2) is 22.4 Å². The molecule has 1 heterocycles. The second kappa shape index (κ2) is 3.99. The van der Waals surface area contributed by atoms with Crippen molar-refractivity contribution in [3.05, 3.63) is 35.0 Å². The molecule has 0 aliphatic carbocycles. The smallest absolute Gasteiger partial charge is 0.124 e. The van der Waals surface area contributed by atoms with Crippen molar-refractivity contribution < 1.29 is 0 Å². The van der Waals surface area contributed by atoms with Crippen LogP contribution in [0.3, 0.4) is 0 Å². The normalized spacial score (nSPS) is 10.7. The number of hydrogen-bond acceptors (Lipinski definition) is 3. The van der Waals surface area contributed by atoms with Crippen LogP contribution in [-0.4, -0.2) is 4.98 Å². The molecular weight excluding hydrogens is 222 g/mol. The molecule has 78 valence electrons. The number of hydrogen-bond donors (Lipinski definition) is 1. The van der Waals surface area contributed by atoms with Crippen molar-refractivity contribution >= 4 is 24.0 Å². The van der Waals surface area contributed by atoms with E-state index in [-0.39, 0.29) is 0 Å². The summed E-state index contributed by atoms with van der Waals surface area (Å²) in [6.07, 6.45) is 0. The summed E-state index contributed by atoms with van der Waals surface area (Å²) in [6, 6.07) is 6.44. The average molecular weight is 235 g/mol. The lowest BCUT2D eigenvalue weighted by atomic mass is 10.1. The number of thiol groups is 1. The van der Waals surface area contributed by atoms with Crippen LogP contribution < -0.4 is 0 Å². The maximum atomic E-state index is 4.49. The van der Waals surface area contributed by atoms with Gasteiger partial charge in [0.05, 0.1) is 9.90 Å². The highest BCUT2D eigenvalue weighted by Crippen LogP contribution is 2.30. The van der Waals surface area contributed by atoms with Crippen molar-refractivity contribution in [1.82, 2.24) is 4.98 Å². The molecule has 0 N–H and O–H groups in total. The van der Waals surface area contributed by atoms with Gasteiger partial charge in [0.15, 0.2) is 0 Å². The first-order valence-corrected chi connectivity index (χ1v) is 6.08. The number of aryl methyl sites for hydroxylation is 3. The van der Waals surface area contributed by atoms with Crippen LogP contribution in [0.5, 0.6) is 0 Å². The van der Waals surface area contributed by atoms with E-state index in [1.807, 2.05) is 6.92 Å². The Morgan fingerprint density at radius 3 is 2.40 bits per heavy atom. The predicted octanol–water partition coefficient (Wildman–Crippen LogP) is 4.02. The van der Waals surface area contributed by atoms with Gasteiger partial charge in [0.25, 0.3) is 0 Å². The molecule has 1 nitrogen and oxygen atoms in total. The molecule has 15 heavy (non-hydrogen) atoms. The van der Waals surface area contributed by atoms with E-state index in [2.05, 4.69) is 49.7 Å². The molecule has 0 unspecified atom stereocenters. The number of aromatic nitrogens is 1. The van der Waals surface area contributed by atoms with Crippen LogP contribution >= 0.6 is 24.0 Å². The monoisotopic (exact) mass is 235 g/mol. The predicted molar refractivity (Wildman–Crippen MR) is 69.0 cm³/mol. The van der Waals surface area contributed by atoms with Gasteiger partial charge in [-0.05, 0) is 38.0 Å². The van der Waals surface area contributed by atoms with E-state index < -0.39 is 0 Å². The van der Waals surface area contributed by atoms with Crippen molar-refractivity contribution in [2.24, 2.45) is 0 Å². The third kappa shape index (κ3) is 2.08. The molecule has 0 amide bonds. The Labute approximate surface area is 99.6 Å². The van der Waals surface area contributed by atoms with E-state index in [0.29, 0.717) is 0 Å². The third-order valence-corrected chi connectivity index (χ3v) is 4.13. The second-order valence-electron chi connectivity index (χ2n) is 3.71. The van der Waals surface area contributed by atoms with Crippen molar-refractivity contribution in [3.8, 4) is 10.6 Å². The van der Waals surface area contributed by atoms with Crippen LogP contribution in [0.2, 0.25) is 0 Å². The standard InChI is InChI=1S/C12H13NS2/c1-7-4-5-10(6-8(7)2)11-13-9(3)12(14)15-11/h4-6,14H,1-3H3. The minimum Gasteiger partial charge on any atom is -0.240 e. The summed E-state index contributed by atoms with van der Waals surface area (Å²) < 4.78 is 1.00. The van der Waals surface area contributed by atoms with E-state index >= 15 is 0 Å². The van der Waals surface area contributed by atoms with Crippen LogP contribution in [0.4, 0.5) is 0 Å². The van der Waals surface area contributed by atoms with Gasteiger partial charge in [0.1, 0.15) is 5.01 Å². The van der Waals surface area contributed by atoms with Crippen LogP contribution in [0.25, 0.3) is 10.6 Å². The zero-order chi connectivity index (χ0) is 11.0. The third-order valence-electron chi connectivity index (χ3n) is 2.53. The summed E-state index contributed by atoms with van der Waals surface area (Å²) in [5, 5.41) is 1.06. The molecule has 1 aromatic heterocycles. The highest BCUT2D eigenvalue weighted by Gasteiger charge is 2.07. The molecule has 0 bridgehead atoms. The summed E-state index contributed by atoms with van der Waals surface area (Å²) in [4.78, 5) is 4.49. The summed E-state index contributed by atoms with van der Waals surface area (Å²) in [6.45, 7) is 6.24. The van der Waals surface area contributed by atoms with E-state index in [1.165, 1.54) is 16.7 Å². The number of thiazole rings is 1. The number of nitrogens with zero attached hydrogens (tertiary/aromatic N) is 1. The van der Waals surface area contributed by atoms with E-state index in [0.717, 1.165) is 14.9 Å². The Morgan fingerprint density at radius 2 is 1.87 bits per heavy atom.